The molecule has 1 atom stereocenters. The molecule has 0 saturated carbocycles. The molecule has 0 aliphatic rings. The van der Waals surface area contributed by atoms with Crippen molar-refractivity contribution in [3.05, 3.63) is 71.9 Å². The van der Waals surface area contributed by atoms with Gasteiger partial charge in [0.2, 0.25) is 5.88 Å². The molecule has 0 aliphatic carbocycles. The van der Waals surface area contributed by atoms with E-state index in [1.165, 1.54) is 10.8 Å². The molecule has 0 radical (unpaired) electrons. The minimum atomic E-state index is -4.88. The van der Waals surface area contributed by atoms with Crippen molar-refractivity contribution in [3.63, 3.8) is 0 Å². The Labute approximate surface area is 188 Å². The Morgan fingerprint density at radius 1 is 1.30 bits per heavy atom. The molecule has 1 unspecified atom stereocenters. The number of hydrogen-bond donors (Lipinski definition) is 2. The summed E-state index contributed by atoms with van der Waals surface area (Å²) in [7, 11) is -3.04. The Bertz CT molecular complexity index is 1280. The van der Waals surface area contributed by atoms with Gasteiger partial charge in [-0.2, -0.15) is 5.10 Å². The maximum atomic E-state index is 10.8. The first-order valence-corrected chi connectivity index (χ1v) is 11.2. The van der Waals surface area contributed by atoms with Gasteiger partial charge >= 0.3 is 0 Å². The summed E-state index contributed by atoms with van der Waals surface area (Å²) in [5, 5.41) is 8.32. The SMILES string of the molecule is Cn1ccc(COc2ccc(Cc3cc(-c4ccc[n+](COP(=O)([O-])O)c4N)on3)cn2)n1. The largest absolute Gasteiger partial charge is 0.756 e. The fourth-order valence-corrected chi connectivity index (χ4v) is 3.31. The average Bonchev–Trinajstić information content (AvgIpc) is 3.41. The summed E-state index contributed by atoms with van der Waals surface area (Å²) in [5.41, 5.74) is 8.95. The molecule has 4 aromatic heterocycles. The first-order chi connectivity index (χ1) is 15.8. The van der Waals surface area contributed by atoms with Crippen LogP contribution in [0.3, 0.4) is 0 Å². The van der Waals surface area contributed by atoms with E-state index >= 15 is 0 Å². The average molecular weight is 472 g/mol. The second-order valence-corrected chi connectivity index (χ2v) is 8.33. The standard InChI is InChI=1S/C20H21N6O6P/c1-25-8-6-15(23-25)12-30-19-5-4-14(11-22-19)9-16-10-18(32-24-16)17-3-2-7-26(20(17)21)13-31-33(27,28)29/h2-8,10-11,21H,9,12-13H2,1H3,(H2,27,28,29). The van der Waals surface area contributed by atoms with Crippen molar-refractivity contribution in [2.24, 2.45) is 7.05 Å². The highest BCUT2D eigenvalue weighted by molar-refractivity contribution is 7.44. The van der Waals surface area contributed by atoms with E-state index in [2.05, 4.69) is 19.8 Å². The Kier molecular flexibility index (Phi) is 6.52. The molecule has 0 fully saturated rings. The quantitative estimate of drug-likeness (QED) is 0.264. The minimum absolute atomic E-state index is 0.185. The summed E-state index contributed by atoms with van der Waals surface area (Å²) >= 11 is 0. The lowest BCUT2D eigenvalue weighted by Gasteiger charge is -2.14. The number of ether oxygens (including phenoxy) is 1. The third-order valence-corrected chi connectivity index (χ3v) is 5.06. The van der Waals surface area contributed by atoms with Crippen LogP contribution in [-0.4, -0.2) is 24.8 Å². The van der Waals surface area contributed by atoms with Crippen molar-refractivity contribution < 1.29 is 32.7 Å². The van der Waals surface area contributed by atoms with Crippen LogP contribution in [0.4, 0.5) is 5.82 Å². The van der Waals surface area contributed by atoms with Crippen molar-refractivity contribution in [2.75, 3.05) is 5.73 Å². The number of nitrogen functional groups attached to an aromatic ring is 1. The second-order valence-electron chi connectivity index (χ2n) is 7.14. The number of nitrogens with two attached hydrogens (primary N) is 1. The third kappa shape index (κ3) is 6.02. The maximum absolute atomic E-state index is 10.8. The molecule has 172 valence electrons. The molecular formula is C20H21N6O6P. The predicted molar refractivity (Wildman–Crippen MR) is 112 cm³/mol. The molecule has 0 bridgehead atoms. The van der Waals surface area contributed by atoms with Gasteiger partial charge in [-0.25, -0.2) is 9.55 Å². The Morgan fingerprint density at radius 2 is 2.15 bits per heavy atom. The molecular weight excluding hydrogens is 451 g/mol. The van der Waals surface area contributed by atoms with Crippen LogP contribution in [0.25, 0.3) is 11.3 Å². The van der Waals surface area contributed by atoms with Crippen LogP contribution in [0.2, 0.25) is 0 Å². The Morgan fingerprint density at radius 3 is 2.85 bits per heavy atom. The van der Waals surface area contributed by atoms with Crippen molar-refractivity contribution in [3.8, 4) is 17.2 Å². The number of aryl methyl sites for hydroxylation is 1. The van der Waals surface area contributed by atoms with Crippen molar-refractivity contribution in [2.45, 2.75) is 19.8 Å². The van der Waals surface area contributed by atoms with E-state index in [0.29, 0.717) is 35.9 Å². The number of anilines is 1. The first-order valence-electron chi connectivity index (χ1n) is 9.75. The predicted octanol–water partition coefficient (Wildman–Crippen LogP) is 0.944. The van der Waals surface area contributed by atoms with E-state index in [9.17, 15) is 9.46 Å². The van der Waals surface area contributed by atoms with Crippen LogP contribution in [-0.2, 0) is 35.9 Å². The number of phosphoric ester groups is 1. The van der Waals surface area contributed by atoms with Gasteiger partial charge in [0.25, 0.3) is 13.6 Å². The van der Waals surface area contributed by atoms with Gasteiger partial charge in [0.05, 0.1) is 17.6 Å². The van der Waals surface area contributed by atoms with Crippen LogP contribution in [0.5, 0.6) is 5.88 Å². The smallest absolute Gasteiger partial charge is 0.285 e. The molecule has 4 rings (SSSR count). The first kappa shape index (κ1) is 22.6. The molecule has 0 saturated heterocycles. The summed E-state index contributed by atoms with van der Waals surface area (Å²) in [4.78, 5) is 23.9. The number of aromatic nitrogens is 5. The van der Waals surface area contributed by atoms with Crippen molar-refractivity contribution in [1.29, 1.82) is 0 Å². The lowest BCUT2D eigenvalue weighted by molar-refractivity contribution is -0.712. The molecule has 33 heavy (non-hydrogen) atoms. The fraction of sp³-hybridized carbons (Fsp3) is 0.200. The van der Waals surface area contributed by atoms with Crippen molar-refractivity contribution >= 4 is 13.6 Å². The maximum Gasteiger partial charge on any atom is 0.285 e. The van der Waals surface area contributed by atoms with Gasteiger partial charge in [-0.3, -0.25) is 19.5 Å². The minimum Gasteiger partial charge on any atom is -0.756 e. The summed E-state index contributed by atoms with van der Waals surface area (Å²) in [6.07, 6.45) is 5.52. The van der Waals surface area contributed by atoms with Gasteiger partial charge in [-0.15, -0.1) is 0 Å². The normalized spacial score (nSPS) is 13.1. The van der Waals surface area contributed by atoms with Crippen LogP contribution < -0.4 is 19.9 Å². The molecule has 4 heterocycles. The van der Waals surface area contributed by atoms with Crippen LogP contribution in [0.1, 0.15) is 17.0 Å². The summed E-state index contributed by atoms with van der Waals surface area (Å²) in [6, 6.07) is 10.6. The number of nitrogens with zero attached hydrogens (tertiary/aromatic N) is 5. The van der Waals surface area contributed by atoms with Gasteiger partial charge in [-0.1, -0.05) is 11.2 Å². The van der Waals surface area contributed by atoms with Gasteiger partial charge < -0.3 is 19.0 Å². The monoisotopic (exact) mass is 472 g/mol. The molecule has 4 aromatic rings. The molecule has 12 nitrogen and oxygen atoms in total. The van der Waals surface area contributed by atoms with Gasteiger partial charge in [0, 0.05) is 38.0 Å². The number of hydrogen-bond acceptors (Lipinski definition) is 9. The van der Waals surface area contributed by atoms with Gasteiger partial charge in [0.15, 0.2) is 12.5 Å². The molecule has 0 aromatic carbocycles. The molecule has 0 spiro atoms. The molecule has 0 amide bonds. The summed E-state index contributed by atoms with van der Waals surface area (Å²) in [5.74, 6) is 1.07. The van der Waals surface area contributed by atoms with E-state index in [-0.39, 0.29) is 5.82 Å². The Hall–Kier alpha value is -3.57. The van der Waals surface area contributed by atoms with E-state index in [1.807, 2.05) is 25.4 Å². The fourth-order valence-electron chi connectivity index (χ4n) is 3.04. The second kappa shape index (κ2) is 9.51. The van der Waals surface area contributed by atoms with Crippen LogP contribution in [0, 0.1) is 0 Å². The van der Waals surface area contributed by atoms with E-state index < -0.39 is 14.6 Å². The highest BCUT2D eigenvalue weighted by Gasteiger charge is 2.18. The zero-order valence-electron chi connectivity index (χ0n) is 17.6. The zero-order valence-corrected chi connectivity index (χ0v) is 18.5. The highest BCUT2D eigenvalue weighted by atomic mass is 31.2. The molecule has 3 N–H and O–H groups in total. The molecule has 0 aliphatic heterocycles. The summed E-state index contributed by atoms with van der Waals surface area (Å²) < 4.78 is 29.3. The number of phosphoric acid groups is 1. The zero-order chi connectivity index (χ0) is 23.4. The van der Waals surface area contributed by atoms with Crippen molar-refractivity contribution in [1.82, 2.24) is 19.9 Å². The summed E-state index contributed by atoms with van der Waals surface area (Å²) in [6.45, 7) is -0.146. The van der Waals surface area contributed by atoms with E-state index in [1.54, 1.807) is 35.1 Å². The lowest BCUT2D eigenvalue weighted by Crippen LogP contribution is -2.38. The van der Waals surface area contributed by atoms with Crippen LogP contribution >= 0.6 is 7.82 Å². The van der Waals surface area contributed by atoms with E-state index in [0.717, 1.165) is 11.3 Å². The van der Waals surface area contributed by atoms with Gasteiger partial charge in [-0.05, 0) is 23.8 Å². The Balaban J connectivity index is 1.40. The highest BCUT2D eigenvalue weighted by Crippen LogP contribution is 2.30. The third-order valence-electron chi connectivity index (χ3n) is 4.62. The topological polar surface area (TPSA) is 165 Å². The lowest BCUT2D eigenvalue weighted by atomic mass is 10.1. The van der Waals surface area contributed by atoms with Crippen LogP contribution in [0.15, 0.2) is 59.5 Å². The number of pyridine rings is 2. The number of rotatable bonds is 9. The van der Waals surface area contributed by atoms with Gasteiger partial charge in [0.1, 0.15) is 12.2 Å². The molecule has 13 heteroatoms. The van der Waals surface area contributed by atoms with E-state index in [4.69, 9.17) is 19.9 Å².